The van der Waals surface area contributed by atoms with Crippen molar-refractivity contribution in [3.05, 3.63) is 17.8 Å². The van der Waals surface area contributed by atoms with Crippen molar-refractivity contribution >= 4 is 27.4 Å². The van der Waals surface area contributed by atoms with E-state index in [-0.39, 0.29) is 12.7 Å². The molecule has 0 bridgehead atoms. The molecule has 0 saturated carbocycles. The van der Waals surface area contributed by atoms with E-state index in [9.17, 15) is 0 Å². The first kappa shape index (κ1) is 12.8. The standard InChI is InChI=1S/C13H17N3O2S/c17-6-7-18-10-1-4-16(5-2-10)12-11-3-8-19-13(11)15-9-14-12/h3,8-10,17H,1-2,4-7H2. The van der Waals surface area contributed by atoms with Crippen LogP contribution in [0.5, 0.6) is 0 Å². The molecule has 102 valence electrons. The van der Waals surface area contributed by atoms with Gasteiger partial charge in [0, 0.05) is 13.1 Å². The van der Waals surface area contributed by atoms with E-state index in [4.69, 9.17) is 9.84 Å². The van der Waals surface area contributed by atoms with Crippen LogP contribution in [-0.2, 0) is 4.74 Å². The highest BCUT2D eigenvalue weighted by molar-refractivity contribution is 7.16. The quantitative estimate of drug-likeness (QED) is 0.922. The first-order chi connectivity index (χ1) is 9.38. The second kappa shape index (κ2) is 5.81. The number of aromatic nitrogens is 2. The summed E-state index contributed by atoms with van der Waals surface area (Å²) in [6.07, 6.45) is 3.87. The van der Waals surface area contributed by atoms with Crippen molar-refractivity contribution in [3.63, 3.8) is 0 Å². The molecule has 1 N–H and O–H groups in total. The lowest BCUT2D eigenvalue weighted by atomic mass is 10.1. The average Bonchev–Trinajstić information content (AvgIpc) is 2.94. The van der Waals surface area contributed by atoms with Gasteiger partial charge in [-0.3, -0.25) is 0 Å². The molecule has 19 heavy (non-hydrogen) atoms. The van der Waals surface area contributed by atoms with Gasteiger partial charge in [-0.1, -0.05) is 0 Å². The van der Waals surface area contributed by atoms with Crippen molar-refractivity contribution in [2.24, 2.45) is 0 Å². The molecule has 0 amide bonds. The van der Waals surface area contributed by atoms with Gasteiger partial charge >= 0.3 is 0 Å². The lowest BCUT2D eigenvalue weighted by Gasteiger charge is -2.32. The highest BCUT2D eigenvalue weighted by Crippen LogP contribution is 2.28. The van der Waals surface area contributed by atoms with Crippen LogP contribution in [0.25, 0.3) is 10.2 Å². The minimum atomic E-state index is 0.0989. The maximum atomic E-state index is 8.77. The summed E-state index contributed by atoms with van der Waals surface area (Å²) in [5.74, 6) is 1.03. The van der Waals surface area contributed by atoms with Crippen LogP contribution >= 0.6 is 11.3 Å². The predicted octanol–water partition coefficient (Wildman–Crippen LogP) is 1.67. The van der Waals surface area contributed by atoms with E-state index in [1.165, 1.54) is 0 Å². The Balaban J connectivity index is 1.69. The summed E-state index contributed by atoms with van der Waals surface area (Å²) in [6, 6.07) is 2.09. The Morgan fingerprint density at radius 2 is 2.21 bits per heavy atom. The van der Waals surface area contributed by atoms with Gasteiger partial charge in [0.2, 0.25) is 0 Å². The van der Waals surface area contributed by atoms with Crippen LogP contribution in [0.15, 0.2) is 17.8 Å². The van der Waals surface area contributed by atoms with E-state index in [2.05, 4.69) is 26.3 Å². The molecule has 1 saturated heterocycles. The zero-order valence-electron chi connectivity index (χ0n) is 10.7. The molecule has 2 aromatic rings. The molecule has 1 fully saturated rings. The van der Waals surface area contributed by atoms with Gasteiger partial charge in [-0.05, 0) is 24.3 Å². The molecule has 3 rings (SSSR count). The topological polar surface area (TPSA) is 58.5 Å². The summed E-state index contributed by atoms with van der Waals surface area (Å²) in [4.78, 5) is 12.1. The molecule has 0 atom stereocenters. The molecule has 1 aliphatic heterocycles. The summed E-state index contributed by atoms with van der Waals surface area (Å²) < 4.78 is 5.58. The van der Waals surface area contributed by atoms with Crippen molar-refractivity contribution in [2.45, 2.75) is 18.9 Å². The maximum Gasteiger partial charge on any atom is 0.140 e. The normalized spacial score (nSPS) is 17.2. The number of hydrogen-bond donors (Lipinski definition) is 1. The highest BCUT2D eigenvalue weighted by atomic mass is 32.1. The molecule has 3 heterocycles. The van der Waals surface area contributed by atoms with Crippen molar-refractivity contribution in [1.82, 2.24) is 9.97 Å². The molecular formula is C13H17N3O2S. The zero-order valence-corrected chi connectivity index (χ0v) is 11.5. The highest BCUT2D eigenvalue weighted by Gasteiger charge is 2.22. The summed E-state index contributed by atoms with van der Waals surface area (Å²) in [5, 5.41) is 12.0. The van der Waals surface area contributed by atoms with E-state index in [1.807, 2.05) is 0 Å². The van der Waals surface area contributed by atoms with Gasteiger partial charge in [0.25, 0.3) is 0 Å². The monoisotopic (exact) mass is 279 g/mol. The Bertz CT molecular complexity index is 537. The minimum Gasteiger partial charge on any atom is -0.394 e. The fourth-order valence-corrected chi connectivity index (χ4v) is 3.21. The smallest absolute Gasteiger partial charge is 0.140 e. The van der Waals surface area contributed by atoms with Crippen LogP contribution in [-0.4, -0.2) is 47.5 Å². The number of piperidine rings is 1. The molecule has 1 aliphatic rings. The van der Waals surface area contributed by atoms with Crippen molar-refractivity contribution in [1.29, 1.82) is 0 Å². The number of rotatable bonds is 4. The number of fused-ring (bicyclic) bond motifs is 1. The number of ether oxygens (including phenoxy) is 1. The fourth-order valence-electron chi connectivity index (χ4n) is 2.48. The number of thiophene rings is 1. The number of hydrogen-bond acceptors (Lipinski definition) is 6. The van der Waals surface area contributed by atoms with E-state index in [0.717, 1.165) is 42.0 Å². The van der Waals surface area contributed by atoms with E-state index >= 15 is 0 Å². The largest absolute Gasteiger partial charge is 0.394 e. The summed E-state index contributed by atoms with van der Waals surface area (Å²) in [7, 11) is 0. The van der Waals surface area contributed by atoms with Gasteiger partial charge in [0.15, 0.2) is 0 Å². The van der Waals surface area contributed by atoms with E-state index in [0.29, 0.717) is 6.61 Å². The molecule has 0 aliphatic carbocycles. The molecule has 0 spiro atoms. The Labute approximate surface area is 115 Å². The van der Waals surface area contributed by atoms with Crippen LogP contribution in [0.4, 0.5) is 5.82 Å². The van der Waals surface area contributed by atoms with Crippen LogP contribution in [0.2, 0.25) is 0 Å². The van der Waals surface area contributed by atoms with Crippen LogP contribution in [0, 0.1) is 0 Å². The Morgan fingerprint density at radius 3 is 3.00 bits per heavy atom. The first-order valence-electron chi connectivity index (χ1n) is 6.54. The Hall–Kier alpha value is -1.24. The average molecular weight is 279 g/mol. The number of anilines is 1. The molecule has 0 unspecified atom stereocenters. The van der Waals surface area contributed by atoms with Crippen LogP contribution in [0.3, 0.4) is 0 Å². The van der Waals surface area contributed by atoms with Crippen molar-refractivity contribution in [3.8, 4) is 0 Å². The van der Waals surface area contributed by atoms with Crippen molar-refractivity contribution < 1.29 is 9.84 Å². The Morgan fingerprint density at radius 1 is 1.37 bits per heavy atom. The third kappa shape index (κ3) is 2.70. The third-order valence-corrected chi connectivity index (χ3v) is 4.25. The Kier molecular flexibility index (Phi) is 3.91. The van der Waals surface area contributed by atoms with Gasteiger partial charge in [0.05, 0.1) is 24.7 Å². The minimum absolute atomic E-state index is 0.0989. The van der Waals surface area contributed by atoms with Gasteiger partial charge in [-0.15, -0.1) is 11.3 Å². The van der Waals surface area contributed by atoms with Crippen molar-refractivity contribution in [2.75, 3.05) is 31.2 Å². The van der Waals surface area contributed by atoms with Gasteiger partial charge in [-0.25, -0.2) is 9.97 Å². The second-order valence-electron chi connectivity index (χ2n) is 4.62. The lowest BCUT2D eigenvalue weighted by molar-refractivity contribution is 0.0158. The summed E-state index contributed by atoms with van der Waals surface area (Å²) in [5.41, 5.74) is 0. The SMILES string of the molecule is OCCOC1CCN(c2ncnc3sccc23)CC1. The summed E-state index contributed by atoms with van der Waals surface area (Å²) >= 11 is 1.65. The number of aliphatic hydroxyl groups excluding tert-OH is 1. The first-order valence-corrected chi connectivity index (χ1v) is 7.42. The van der Waals surface area contributed by atoms with Gasteiger partial charge in [-0.2, -0.15) is 0 Å². The number of aliphatic hydroxyl groups is 1. The third-order valence-electron chi connectivity index (χ3n) is 3.43. The molecule has 5 nitrogen and oxygen atoms in total. The lowest BCUT2D eigenvalue weighted by Crippen LogP contribution is -2.37. The molecule has 0 radical (unpaired) electrons. The molecular weight excluding hydrogens is 262 g/mol. The van der Waals surface area contributed by atoms with Gasteiger partial charge in [0.1, 0.15) is 17.0 Å². The maximum absolute atomic E-state index is 8.77. The fraction of sp³-hybridized carbons (Fsp3) is 0.538. The van der Waals surface area contributed by atoms with E-state index < -0.39 is 0 Å². The molecule has 2 aromatic heterocycles. The molecule has 6 heteroatoms. The predicted molar refractivity (Wildman–Crippen MR) is 75.7 cm³/mol. The van der Waals surface area contributed by atoms with Crippen LogP contribution < -0.4 is 4.90 Å². The summed E-state index contributed by atoms with van der Waals surface area (Å²) in [6.45, 7) is 2.42. The zero-order chi connectivity index (χ0) is 13.1. The molecule has 0 aromatic carbocycles. The van der Waals surface area contributed by atoms with Crippen LogP contribution in [0.1, 0.15) is 12.8 Å². The second-order valence-corrected chi connectivity index (χ2v) is 5.51. The van der Waals surface area contributed by atoms with E-state index in [1.54, 1.807) is 17.7 Å². The number of nitrogens with zero attached hydrogens (tertiary/aromatic N) is 3. The van der Waals surface area contributed by atoms with Gasteiger partial charge < -0.3 is 14.7 Å².